The van der Waals surface area contributed by atoms with Gasteiger partial charge in [-0.25, -0.2) is 0 Å². The normalized spacial score (nSPS) is 13.1. The van der Waals surface area contributed by atoms with Crippen LogP contribution >= 0.6 is 11.3 Å². The second kappa shape index (κ2) is 12.7. The van der Waals surface area contributed by atoms with E-state index in [-0.39, 0.29) is 0 Å². The standard InChI is InChI=1S/C52H33GeN3S/c1-4-17-34(18-5-1)50-49-41-27-10-13-28-44(41)53(36-20-6-2-7-21-36,37-22-8-3-9-23-37)51(49)55-52(54-50)35-19-16-24-38(31-35)56-45-29-14-11-25-39(45)42-33-48-43(32-46(42)56)40-26-12-15-30-47(40)57-48/h1-33H. The summed E-state index contributed by atoms with van der Waals surface area (Å²) in [4.78, 5) is 11.4. The number of fused-ring (bicyclic) bond motifs is 9. The number of nitrogens with zero attached hydrogens (tertiary/aromatic N) is 3. The summed E-state index contributed by atoms with van der Waals surface area (Å²) in [5.41, 5.74) is 8.95. The van der Waals surface area contributed by atoms with Gasteiger partial charge < -0.3 is 0 Å². The average molecular weight is 805 g/mol. The first kappa shape index (κ1) is 32.6. The third kappa shape index (κ3) is 4.78. The van der Waals surface area contributed by atoms with Crippen molar-refractivity contribution in [3.8, 4) is 39.5 Å². The molecule has 266 valence electrons. The van der Waals surface area contributed by atoms with E-state index in [1.54, 1.807) is 0 Å². The van der Waals surface area contributed by atoms with Gasteiger partial charge in [0.05, 0.1) is 0 Å². The third-order valence-electron chi connectivity index (χ3n) is 11.9. The molecule has 0 fully saturated rings. The number of aromatic nitrogens is 3. The van der Waals surface area contributed by atoms with Crippen molar-refractivity contribution in [1.82, 2.24) is 14.5 Å². The molecule has 0 radical (unpaired) electrons. The maximum absolute atomic E-state index is 5.81. The van der Waals surface area contributed by atoms with Crippen LogP contribution in [0.3, 0.4) is 0 Å². The fraction of sp³-hybridized carbons (Fsp3) is 0. The summed E-state index contributed by atoms with van der Waals surface area (Å²) in [6.45, 7) is 0. The first-order valence-electron chi connectivity index (χ1n) is 19.4. The molecule has 8 aromatic carbocycles. The molecule has 3 aromatic heterocycles. The molecule has 11 aromatic rings. The van der Waals surface area contributed by atoms with Crippen molar-refractivity contribution in [3.05, 3.63) is 200 Å². The summed E-state index contributed by atoms with van der Waals surface area (Å²) in [7, 11) is 0. The van der Waals surface area contributed by atoms with Crippen molar-refractivity contribution < 1.29 is 0 Å². The third-order valence-corrected chi connectivity index (χ3v) is 22.9. The molecule has 0 bridgehead atoms. The number of hydrogen-bond acceptors (Lipinski definition) is 3. The Morgan fingerprint density at radius 3 is 1.88 bits per heavy atom. The van der Waals surface area contributed by atoms with Gasteiger partial charge in [-0.05, 0) is 6.07 Å². The van der Waals surface area contributed by atoms with E-state index in [0.29, 0.717) is 0 Å². The number of thiophene rings is 1. The van der Waals surface area contributed by atoms with Crippen molar-refractivity contribution in [1.29, 1.82) is 0 Å². The molecule has 5 heteroatoms. The van der Waals surface area contributed by atoms with Crippen LogP contribution in [-0.4, -0.2) is 27.8 Å². The second-order valence-electron chi connectivity index (χ2n) is 14.9. The van der Waals surface area contributed by atoms with Gasteiger partial charge in [0, 0.05) is 0 Å². The predicted molar refractivity (Wildman–Crippen MR) is 243 cm³/mol. The monoisotopic (exact) mass is 805 g/mol. The van der Waals surface area contributed by atoms with Gasteiger partial charge in [0.15, 0.2) is 0 Å². The Bertz CT molecular complexity index is 3310. The zero-order valence-corrected chi connectivity index (χ0v) is 33.7. The van der Waals surface area contributed by atoms with Crippen LogP contribution in [0.25, 0.3) is 81.4 Å². The van der Waals surface area contributed by atoms with E-state index in [0.717, 1.165) is 28.3 Å². The zero-order chi connectivity index (χ0) is 37.5. The molecule has 12 rings (SSSR count). The van der Waals surface area contributed by atoms with Crippen molar-refractivity contribution in [2.24, 2.45) is 0 Å². The Hall–Kier alpha value is -6.60. The molecule has 0 saturated carbocycles. The van der Waals surface area contributed by atoms with E-state index < -0.39 is 13.3 Å². The van der Waals surface area contributed by atoms with Gasteiger partial charge in [-0.2, -0.15) is 0 Å². The Kier molecular flexibility index (Phi) is 7.28. The zero-order valence-electron chi connectivity index (χ0n) is 30.8. The molecule has 4 heterocycles. The van der Waals surface area contributed by atoms with E-state index >= 15 is 0 Å². The summed E-state index contributed by atoms with van der Waals surface area (Å²) in [5.74, 6) is 0.746. The molecular weight excluding hydrogens is 771 g/mol. The fourth-order valence-electron chi connectivity index (χ4n) is 9.45. The minimum atomic E-state index is -3.67. The van der Waals surface area contributed by atoms with Crippen LogP contribution in [-0.2, 0) is 0 Å². The second-order valence-corrected chi connectivity index (χ2v) is 23.7. The van der Waals surface area contributed by atoms with Gasteiger partial charge in [0.1, 0.15) is 0 Å². The maximum atomic E-state index is 5.81. The molecule has 0 spiro atoms. The molecule has 0 unspecified atom stereocenters. The number of para-hydroxylation sites is 1. The summed E-state index contributed by atoms with van der Waals surface area (Å²) >= 11 is -1.80. The molecule has 0 saturated heterocycles. The SMILES string of the molecule is c1ccc(-c2nc(-c3cccc(-n4c5ccccc5c5cc6sc7ccccc7c6cc54)c3)n[c]3c2-c2cccc[c]2[Ge]3([c]2ccccc2)[c]2ccccc2)cc1. The Balaban J connectivity index is 1.15. The topological polar surface area (TPSA) is 30.7 Å². The molecule has 0 amide bonds. The van der Waals surface area contributed by atoms with Gasteiger partial charge >= 0.3 is 320 Å². The van der Waals surface area contributed by atoms with Crippen molar-refractivity contribution in [2.75, 3.05) is 0 Å². The van der Waals surface area contributed by atoms with Crippen LogP contribution < -0.4 is 17.7 Å². The molecule has 0 aliphatic carbocycles. The number of hydrogen-bond donors (Lipinski definition) is 0. The summed E-state index contributed by atoms with van der Waals surface area (Å²) in [6, 6.07) is 73.2. The van der Waals surface area contributed by atoms with Crippen molar-refractivity contribution in [3.63, 3.8) is 0 Å². The first-order valence-corrected chi connectivity index (χ1v) is 24.4. The molecule has 1 aliphatic rings. The van der Waals surface area contributed by atoms with Crippen LogP contribution in [0.1, 0.15) is 0 Å². The Morgan fingerprint density at radius 2 is 1.09 bits per heavy atom. The van der Waals surface area contributed by atoms with Crippen LogP contribution in [0.15, 0.2) is 200 Å². The van der Waals surface area contributed by atoms with Gasteiger partial charge in [0.25, 0.3) is 0 Å². The van der Waals surface area contributed by atoms with E-state index in [1.165, 1.54) is 70.8 Å². The van der Waals surface area contributed by atoms with Crippen LogP contribution in [0.4, 0.5) is 0 Å². The van der Waals surface area contributed by atoms with Gasteiger partial charge in [-0.3, -0.25) is 0 Å². The Morgan fingerprint density at radius 1 is 0.439 bits per heavy atom. The quantitative estimate of drug-likeness (QED) is 0.162. The molecule has 0 atom stereocenters. The van der Waals surface area contributed by atoms with E-state index in [1.807, 2.05) is 11.3 Å². The molecule has 3 nitrogen and oxygen atoms in total. The van der Waals surface area contributed by atoms with Gasteiger partial charge in [0.2, 0.25) is 0 Å². The average Bonchev–Trinajstić information content (AvgIpc) is 3.92. The van der Waals surface area contributed by atoms with E-state index in [4.69, 9.17) is 9.97 Å². The van der Waals surface area contributed by atoms with E-state index in [9.17, 15) is 0 Å². The summed E-state index contributed by atoms with van der Waals surface area (Å²) in [5, 5.41) is 5.11. The fourth-order valence-corrected chi connectivity index (χ4v) is 21.1. The minimum absolute atomic E-state index is 0.746. The number of rotatable bonds is 5. The summed E-state index contributed by atoms with van der Waals surface area (Å²) < 4.78 is 10.4. The van der Waals surface area contributed by atoms with Crippen LogP contribution in [0.5, 0.6) is 0 Å². The Labute approximate surface area is 336 Å². The molecule has 57 heavy (non-hydrogen) atoms. The van der Waals surface area contributed by atoms with Crippen molar-refractivity contribution in [2.45, 2.75) is 0 Å². The molecule has 0 N–H and O–H groups in total. The van der Waals surface area contributed by atoms with Gasteiger partial charge in [-0.1, -0.05) is 12.1 Å². The van der Waals surface area contributed by atoms with E-state index in [2.05, 4.69) is 205 Å². The summed E-state index contributed by atoms with van der Waals surface area (Å²) in [6.07, 6.45) is 0. The van der Waals surface area contributed by atoms with Gasteiger partial charge in [-0.15, -0.1) is 0 Å². The number of benzene rings is 8. The first-order chi connectivity index (χ1) is 28.3. The molecular formula is C52H33GeN3S. The van der Waals surface area contributed by atoms with Crippen molar-refractivity contribution >= 4 is 84.3 Å². The predicted octanol–water partition coefficient (Wildman–Crippen LogP) is 10.6. The van der Waals surface area contributed by atoms with Crippen LogP contribution in [0, 0.1) is 0 Å². The molecule has 1 aliphatic heterocycles. The van der Waals surface area contributed by atoms with Crippen LogP contribution in [0.2, 0.25) is 0 Å².